The number of hydrogen-bond donors (Lipinski definition) is 0. The largest absolute Gasteiger partial charge is 0.331 e. The van der Waals surface area contributed by atoms with Crippen LogP contribution in [0.1, 0.15) is 67.3 Å². The number of rotatable bonds is 2. The Kier molecular flexibility index (Phi) is 5.18. The first-order valence-electron chi connectivity index (χ1n) is 11.4. The van der Waals surface area contributed by atoms with Crippen LogP contribution in [0.3, 0.4) is 0 Å². The van der Waals surface area contributed by atoms with Gasteiger partial charge >= 0.3 is 0 Å². The van der Waals surface area contributed by atoms with Gasteiger partial charge in [-0.15, -0.1) is 10.2 Å². The lowest BCUT2D eigenvalue weighted by atomic mass is 9.79. The number of amides is 1. The minimum atomic E-state index is 0.0231. The molecule has 0 unspecified atom stereocenters. The Morgan fingerprint density at radius 1 is 1.03 bits per heavy atom. The Balaban J connectivity index is 1.31. The van der Waals surface area contributed by atoms with Crippen molar-refractivity contribution in [2.45, 2.75) is 57.5 Å². The average molecular weight is 478 g/mol. The van der Waals surface area contributed by atoms with E-state index in [4.69, 9.17) is 16.0 Å². The first-order chi connectivity index (χ1) is 16.1. The maximum absolute atomic E-state index is 12.2. The van der Waals surface area contributed by atoms with Crippen LogP contribution in [-0.2, 0) is 17.9 Å². The average Bonchev–Trinajstić information content (AvgIpc) is 3.39. The fraction of sp³-hybridized carbons (Fsp3) is 0.360. The second-order valence-electron chi connectivity index (χ2n) is 9.07. The van der Waals surface area contributed by atoms with Crippen molar-refractivity contribution in [1.82, 2.24) is 24.0 Å². The summed E-state index contributed by atoms with van der Waals surface area (Å²) < 4.78 is 8.26. The van der Waals surface area contributed by atoms with Crippen molar-refractivity contribution in [2.75, 3.05) is 0 Å². The van der Waals surface area contributed by atoms with E-state index >= 15 is 0 Å². The molecule has 4 aromatic rings. The van der Waals surface area contributed by atoms with Gasteiger partial charge in [0.2, 0.25) is 5.91 Å². The lowest BCUT2D eigenvalue weighted by molar-refractivity contribution is -0.130. The van der Waals surface area contributed by atoms with E-state index in [2.05, 4.69) is 39.0 Å². The Morgan fingerprint density at radius 3 is 2.64 bits per heavy atom. The van der Waals surface area contributed by atoms with Gasteiger partial charge in [-0.05, 0) is 67.0 Å². The molecule has 1 saturated carbocycles. The molecule has 2 aliphatic rings. The van der Waals surface area contributed by atoms with Crippen LogP contribution in [0.25, 0.3) is 15.8 Å². The molecule has 33 heavy (non-hydrogen) atoms. The van der Waals surface area contributed by atoms with Gasteiger partial charge in [0.25, 0.3) is 0 Å². The van der Waals surface area contributed by atoms with Crippen LogP contribution in [0, 0.1) is 0 Å². The predicted molar refractivity (Wildman–Crippen MR) is 130 cm³/mol. The molecule has 2 aromatic heterocycles. The molecule has 1 aliphatic carbocycles. The molecule has 168 valence electrons. The molecular formula is C25H24ClN5OS. The molecule has 0 bridgehead atoms. The number of fused-ring (bicyclic) bond motifs is 4. The first kappa shape index (κ1) is 20.8. The van der Waals surface area contributed by atoms with Gasteiger partial charge in [0.15, 0.2) is 5.82 Å². The van der Waals surface area contributed by atoms with Crippen LogP contribution in [-0.4, -0.2) is 29.9 Å². The zero-order valence-electron chi connectivity index (χ0n) is 18.4. The Hall–Kier alpha value is -2.77. The van der Waals surface area contributed by atoms with Crippen molar-refractivity contribution in [2.24, 2.45) is 0 Å². The zero-order chi connectivity index (χ0) is 22.5. The Bertz CT molecular complexity index is 1350. The highest BCUT2D eigenvalue weighted by atomic mass is 35.5. The lowest BCUT2D eigenvalue weighted by Gasteiger charge is -2.27. The van der Waals surface area contributed by atoms with Gasteiger partial charge < -0.3 is 4.90 Å². The van der Waals surface area contributed by atoms with Gasteiger partial charge in [0, 0.05) is 35.7 Å². The summed E-state index contributed by atoms with van der Waals surface area (Å²) in [7, 11) is 0. The van der Waals surface area contributed by atoms with E-state index in [0.717, 1.165) is 48.6 Å². The summed E-state index contributed by atoms with van der Waals surface area (Å²) in [5, 5.41) is 11.2. The second kappa shape index (κ2) is 8.22. The maximum Gasteiger partial charge on any atom is 0.220 e. The van der Waals surface area contributed by atoms with Gasteiger partial charge in [-0.25, -0.2) is 0 Å². The molecule has 3 heterocycles. The minimum Gasteiger partial charge on any atom is -0.331 e. The summed E-state index contributed by atoms with van der Waals surface area (Å²) in [6, 6.07) is 14.4. The van der Waals surface area contributed by atoms with Crippen molar-refractivity contribution in [3.63, 3.8) is 0 Å². The fourth-order valence-corrected chi connectivity index (χ4v) is 6.39. The third-order valence-electron chi connectivity index (χ3n) is 7.06. The van der Waals surface area contributed by atoms with E-state index in [1.54, 1.807) is 23.4 Å². The van der Waals surface area contributed by atoms with Crippen LogP contribution in [0.5, 0.6) is 0 Å². The van der Waals surface area contributed by atoms with Gasteiger partial charge in [0.1, 0.15) is 5.82 Å². The van der Waals surface area contributed by atoms with Crippen LogP contribution >= 0.6 is 23.1 Å². The number of carbonyl (C=O) groups excluding carboxylic acids is 1. The van der Waals surface area contributed by atoms with E-state index < -0.39 is 0 Å². The number of halogens is 1. The molecule has 0 N–H and O–H groups in total. The maximum atomic E-state index is 12.2. The van der Waals surface area contributed by atoms with Crippen molar-refractivity contribution in [3.8, 4) is 5.69 Å². The molecule has 0 atom stereocenters. The van der Waals surface area contributed by atoms with Crippen LogP contribution < -0.4 is 0 Å². The SMILES string of the molecule is CC(=O)N1Cc2cc(Cl)ccc2-n2c(nnc2C2CCC(c3nsc4ccccc34)CC2)C1. The van der Waals surface area contributed by atoms with Gasteiger partial charge in [-0.2, -0.15) is 4.37 Å². The summed E-state index contributed by atoms with van der Waals surface area (Å²) in [6.45, 7) is 2.58. The Morgan fingerprint density at radius 2 is 1.82 bits per heavy atom. The van der Waals surface area contributed by atoms with E-state index in [0.29, 0.717) is 29.9 Å². The van der Waals surface area contributed by atoms with E-state index in [9.17, 15) is 4.79 Å². The zero-order valence-corrected chi connectivity index (χ0v) is 19.9. The number of aromatic nitrogens is 4. The third-order valence-corrected chi connectivity index (χ3v) is 8.14. The van der Waals surface area contributed by atoms with Crippen LogP contribution in [0.4, 0.5) is 0 Å². The first-order valence-corrected chi connectivity index (χ1v) is 12.6. The highest BCUT2D eigenvalue weighted by Gasteiger charge is 2.32. The van der Waals surface area contributed by atoms with Crippen molar-refractivity contribution in [3.05, 3.63) is 70.4 Å². The monoisotopic (exact) mass is 477 g/mol. The number of nitrogens with zero attached hydrogens (tertiary/aromatic N) is 5. The van der Waals surface area contributed by atoms with E-state index in [1.807, 2.05) is 18.2 Å². The molecule has 2 aromatic carbocycles. The standard InChI is InChI=1S/C25H24ClN5OS/c1-15(32)30-13-18-12-19(26)10-11-21(18)31-23(14-30)27-28-25(31)17-8-6-16(7-9-17)24-20-4-2-3-5-22(20)33-29-24/h2-5,10-12,16-17H,6-9,13-14H2,1H3. The molecule has 0 saturated heterocycles. The molecule has 1 fully saturated rings. The topological polar surface area (TPSA) is 63.9 Å². The fourth-order valence-electron chi connectivity index (χ4n) is 5.34. The van der Waals surface area contributed by atoms with Crippen LogP contribution in [0.15, 0.2) is 42.5 Å². The summed E-state index contributed by atoms with van der Waals surface area (Å²) in [4.78, 5) is 14.0. The van der Waals surface area contributed by atoms with Crippen molar-refractivity contribution >= 4 is 39.1 Å². The molecule has 0 radical (unpaired) electrons. The normalized spacial score (nSPS) is 20.4. The summed E-state index contributed by atoms with van der Waals surface area (Å²) >= 11 is 7.91. The molecule has 1 amide bonds. The van der Waals surface area contributed by atoms with E-state index in [1.165, 1.54) is 15.8 Å². The molecule has 0 spiro atoms. The molecule has 8 heteroatoms. The van der Waals surface area contributed by atoms with Gasteiger partial charge in [-0.1, -0.05) is 29.8 Å². The highest BCUT2D eigenvalue weighted by Crippen LogP contribution is 2.43. The summed E-state index contributed by atoms with van der Waals surface area (Å²) in [5.74, 6) is 2.66. The van der Waals surface area contributed by atoms with Gasteiger partial charge in [0.05, 0.1) is 22.6 Å². The predicted octanol–water partition coefficient (Wildman–Crippen LogP) is 5.83. The molecular weight excluding hydrogens is 454 g/mol. The second-order valence-corrected chi connectivity index (χ2v) is 10.3. The third kappa shape index (κ3) is 3.63. The molecule has 6 rings (SSSR count). The Labute approximate surface area is 201 Å². The van der Waals surface area contributed by atoms with E-state index in [-0.39, 0.29) is 5.91 Å². The summed E-state index contributed by atoms with van der Waals surface area (Å²) in [6.07, 6.45) is 4.28. The number of carbonyl (C=O) groups is 1. The summed E-state index contributed by atoms with van der Waals surface area (Å²) in [5.41, 5.74) is 3.32. The number of hydrogen-bond acceptors (Lipinski definition) is 5. The lowest BCUT2D eigenvalue weighted by Crippen LogP contribution is -2.27. The highest BCUT2D eigenvalue weighted by molar-refractivity contribution is 7.13. The molecule has 1 aliphatic heterocycles. The minimum absolute atomic E-state index is 0.0231. The van der Waals surface area contributed by atoms with Gasteiger partial charge in [-0.3, -0.25) is 9.36 Å². The van der Waals surface area contributed by atoms with Crippen LogP contribution in [0.2, 0.25) is 5.02 Å². The van der Waals surface area contributed by atoms with Crippen molar-refractivity contribution < 1.29 is 4.79 Å². The number of benzene rings is 2. The van der Waals surface area contributed by atoms with Crippen molar-refractivity contribution in [1.29, 1.82) is 0 Å². The smallest absolute Gasteiger partial charge is 0.220 e. The molecule has 6 nitrogen and oxygen atoms in total. The quantitative estimate of drug-likeness (QED) is 0.364.